The van der Waals surface area contributed by atoms with Crippen LogP contribution in [0.1, 0.15) is 16.3 Å². The van der Waals surface area contributed by atoms with E-state index in [9.17, 15) is 4.79 Å². The number of pyridine rings is 1. The molecule has 2 rings (SSSR count). The van der Waals surface area contributed by atoms with E-state index in [-0.39, 0.29) is 24.7 Å². The number of aryl methyl sites for hydroxylation is 2. The van der Waals surface area contributed by atoms with Gasteiger partial charge in [-0.15, -0.1) is 23.7 Å². The van der Waals surface area contributed by atoms with Crippen LogP contribution in [0, 0.1) is 13.8 Å². The monoisotopic (exact) mass is 298 g/mol. The lowest BCUT2D eigenvalue weighted by Crippen LogP contribution is -2.15. The van der Waals surface area contributed by atoms with Crippen molar-refractivity contribution in [2.45, 2.75) is 20.3 Å². The largest absolute Gasteiger partial charge is 0.397 e. The molecule has 0 saturated carbocycles. The second-order valence-corrected chi connectivity index (χ2v) is 5.17. The molecule has 7 heteroatoms. The molecular formula is C12H15ClN4OS. The van der Waals surface area contributed by atoms with Gasteiger partial charge in [0.25, 0.3) is 0 Å². The molecule has 0 bridgehead atoms. The number of carbonyl (C=O) groups excluding carboxylic acids is 1. The zero-order chi connectivity index (χ0) is 13.1. The first-order chi connectivity index (χ1) is 8.54. The third-order valence-corrected chi connectivity index (χ3v) is 3.45. The third kappa shape index (κ3) is 4.18. The number of nitrogens with two attached hydrogens (primary N) is 1. The molecule has 1 amide bonds. The molecule has 2 aromatic rings. The number of amides is 1. The number of anilines is 2. The summed E-state index contributed by atoms with van der Waals surface area (Å²) in [5, 5.41) is 3.39. The van der Waals surface area contributed by atoms with Crippen LogP contribution in [0.25, 0.3) is 0 Å². The van der Waals surface area contributed by atoms with Gasteiger partial charge in [-0.3, -0.25) is 9.78 Å². The van der Waals surface area contributed by atoms with E-state index in [1.54, 1.807) is 18.3 Å². The van der Waals surface area contributed by atoms with E-state index >= 15 is 0 Å². The summed E-state index contributed by atoms with van der Waals surface area (Å²) in [5.41, 5.74) is 7.75. The number of rotatable bonds is 3. The minimum Gasteiger partial charge on any atom is -0.397 e. The first-order valence-corrected chi connectivity index (χ1v) is 6.30. The van der Waals surface area contributed by atoms with Crippen LogP contribution in [-0.2, 0) is 11.2 Å². The highest BCUT2D eigenvalue weighted by Crippen LogP contribution is 2.21. The molecule has 0 fully saturated rings. The minimum absolute atomic E-state index is 0. The van der Waals surface area contributed by atoms with Crippen molar-refractivity contribution in [2.75, 3.05) is 11.1 Å². The molecule has 0 aromatic carbocycles. The van der Waals surface area contributed by atoms with E-state index < -0.39 is 0 Å². The summed E-state index contributed by atoms with van der Waals surface area (Å²) >= 11 is 1.47. The highest BCUT2D eigenvalue weighted by molar-refractivity contribution is 7.15. The van der Waals surface area contributed by atoms with Crippen molar-refractivity contribution in [1.82, 2.24) is 9.97 Å². The van der Waals surface area contributed by atoms with Gasteiger partial charge >= 0.3 is 0 Å². The lowest BCUT2D eigenvalue weighted by molar-refractivity contribution is -0.115. The maximum absolute atomic E-state index is 11.8. The fourth-order valence-electron chi connectivity index (χ4n) is 1.39. The van der Waals surface area contributed by atoms with Crippen molar-refractivity contribution >= 4 is 40.5 Å². The summed E-state index contributed by atoms with van der Waals surface area (Å²) in [4.78, 5) is 21.2. The molecule has 0 saturated heterocycles. The molecule has 0 spiro atoms. The lowest BCUT2D eigenvalue weighted by atomic mass is 10.2. The van der Waals surface area contributed by atoms with Gasteiger partial charge < -0.3 is 11.1 Å². The number of nitrogens with one attached hydrogen (secondary N) is 1. The van der Waals surface area contributed by atoms with E-state index in [0.717, 1.165) is 10.6 Å². The highest BCUT2D eigenvalue weighted by Gasteiger charge is 2.09. The third-order valence-electron chi connectivity index (χ3n) is 2.46. The van der Waals surface area contributed by atoms with E-state index in [1.165, 1.54) is 11.3 Å². The fourth-order valence-corrected chi connectivity index (χ4v) is 2.23. The Morgan fingerprint density at radius 1 is 1.42 bits per heavy atom. The summed E-state index contributed by atoms with van der Waals surface area (Å²) in [7, 11) is 0. The van der Waals surface area contributed by atoms with Crippen molar-refractivity contribution in [2.24, 2.45) is 0 Å². The van der Waals surface area contributed by atoms with Gasteiger partial charge in [-0.2, -0.15) is 0 Å². The molecule has 0 aliphatic carbocycles. The van der Waals surface area contributed by atoms with E-state index in [4.69, 9.17) is 5.73 Å². The van der Waals surface area contributed by atoms with Crippen LogP contribution in [0.4, 0.5) is 10.8 Å². The smallest absolute Gasteiger partial charge is 0.232 e. The van der Waals surface area contributed by atoms with Gasteiger partial charge in [0, 0.05) is 10.6 Å². The molecule has 2 heterocycles. The second-order valence-electron chi connectivity index (χ2n) is 3.97. The topological polar surface area (TPSA) is 80.9 Å². The van der Waals surface area contributed by atoms with Gasteiger partial charge in [0.05, 0.1) is 24.0 Å². The van der Waals surface area contributed by atoms with Gasteiger partial charge in [0.2, 0.25) is 5.91 Å². The first-order valence-electron chi connectivity index (χ1n) is 5.49. The Morgan fingerprint density at radius 3 is 2.68 bits per heavy atom. The van der Waals surface area contributed by atoms with Gasteiger partial charge in [-0.25, -0.2) is 4.98 Å². The molecule has 5 nitrogen and oxygen atoms in total. The normalized spacial score (nSPS) is 9.79. The van der Waals surface area contributed by atoms with Crippen LogP contribution in [0.2, 0.25) is 0 Å². The quantitative estimate of drug-likeness (QED) is 0.911. The average molecular weight is 299 g/mol. The predicted molar refractivity (Wildman–Crippen MR) is 79.8 cm³/mol. The second kappa shape index (κ2) is 6.49. The average Bonchev–Trinajstić information content (AvgIpc) is 2.61. The SMILES string of the molecule is Cc1nc(NC(=O)Cc2ccc(N)cn2)sc1C.Cl. The molecule has 3 N–H and O–H groups in total. The van der Waals surface area contributed by atoms with E-state index in [1.807, 2.05) is 13.8 Å². The minimum atomic E-state index is -0.124. The summed E-state index contributed by atoms with van der Waals surface area (Å²) in [6, 6.07) is 3.47. The number of halogens is 1. The molecule has 19 heavy (non-hydrogen) atoms. The zero-order valence-corrected chi connectivity index (χ0v) is 12.3. The molecular weight excluding hydrogens is 284 g/mol. The predicted octanol–water partition coefficient (Wildman–Crippen LogP) is 2.34. The van der Waals surface area contributed by atoms with Crippen molar-refractivity contribution in [3.8, 4) is 0 Å². The number of thiazole rings is 1. The standard InChI is InChI=1S/C12H14N4OS.ClH/c1-7-8(2)18-12(15-7)16-11(17)5-10-4-3-9(13)6-14-10;/h3-4,6H,5,13H2,1-2H3,(H,15,16,17);1H. The molecule has 102 valence electrons. The maximum atomic E-state index is 11.8. The Bertz CT molecular complexity index is 548. The van der Waals surface area contributed by atoms with E-state index in [2.05, 4.69) is 15.3 Å². The van der Waals surface area contributed by atoms with Crippen LogP contribution in [0.5, 0.6) is 0 Å². The summed E-state index contributed by atoms with van der Waals surface area (Å²) in [5.74, 6) is -0.124. The van der Waals surface area contributed by atoms with Gasteiger partial charge in [-0.1, -0.05) is 0 Å². The van der Waals surface area contributed by atoms with Crippen LogP contribution in [-0.4, -0.2) is 15.9 Å². The van der Waals surface area contributed by atoms with Gasteiger partial charge in [0.1, 0.15) is 0 Å². The van der Waals surface area contributed by atoms with Crippen LogP contribution in [0.15, 0.2) is 18.3 Å². The first kappa shape index (κ1) is 15.4. The van der Waals surface area contributed by atoms with Crippen LogP contribution in [0.3, 0.4) is 0 Å². The van der Waals surface area contributed by atoms with Crippen molar-refractivity contribution in [1.29, 1.82) is 0 Å². The lowest BCUT2D eigenvalue weighted by Gasteiger charge is -2.01. The number of aromatic nitrogens is 2. The number of carbonyl (C=O) groups is 1. The molecule has 0 aliphatic heterocycles. The Balaban J connectivity index is 0.00000180. The van der Waals surface area contributed by atoms with Crippen molar-refractivity contribution in [3.63, 3.8) is 0 Å². The molecule has 2 aromatic heterocycles. The fraction of sp³-hybridized carbons (Fsp3) is 0.250. The molecule has 0 atom stereocenters. The van der Waals surface area contributed by atoms with Crippen LogP contribution < -0.4 is 11.1 Å². The Kier molecular flexibility index (Phi) is 5.26. The van der Waals surface area contributed by atoms with Gasteiger partial charge in [0.15, 0.2) is 5.13 Å². The number of hydrogen-bond acceptors (Lipinski definition) is 5. The maximum Gasteiger partial charge on any atom is 0.232 e. The van der Waals surface area contributed by atoms with Crippen molar-refractivity contribution in [3.05, 3.63) is 34.6 Å². The summed E-state index contributed by atoms with van der Waals surface area (Å²) < 4.78 is 0. The Hall–Kier alpha value is -1.66. The highest BCUT2D eigenvalue weighted by atomic mass is 35.5. The number of hydrogen-bond donors (Lipinski definition) is 2. The molecule has 0 unspecified atom stereocenters. The Labute approximate surface area is 121 Å². The van der Waals surface area contributed by atoms with Crippen molar-refractivity contribution < 1.29 is 4.79 Å². The number of nitrogen functional groups attached to an aromatic ring is 1. The molecule has 0 radical (unpaired) electrons. The van der Waals surface area contributed by atoms with Crippen LogP contribution >= 0.6 is 23.7 Å². The summed E-state index contributed by atoms with van der Waals surface area (Å²) in [6.45, 7) is 3.90. The van der Waals surface area contributed by atoms with E-state index in [0.29, 0.717) is 16.5 Å². The number of nitrogens with zero attached hydrogens (tertiary/aromatic N) is 2. The summed E-state index contributed by atoms with van der Waals surface area (Å²) in [6.07, 6.45) is 1.76. The zero-order valence-electron chi connectivity index (χ0n) is 10.6. The van der Waals surface area contributed by atoms with Gasteiger partial charge in [-0.05, 0) is 26.0 Å². The molecule has 0 aliphatic rings. The Morgan fingerprint density at radius 2 is 2.16 bits per heavy atom.